The van der Waals surface area contributed by atoms with E-state index in [4.69, 9.17) is 5.73 Å². The van der Waals surface area contributed by atoms with Crippen molar-refractivity contribution in [1.82, 2.24) is 5.32 Å². The van der Waals surface area contributed by atoms with Crippen molar-refractivity contribution >= 4 is 5.91 Å². The highest BCUT2D eigenvalue weighted by molar-refractivity contribution is 5.82. The van der Waals surface area contributed by atoms with Crippen molar-refractivity contribution in [3.8, 4) is 0 Å². The van der Waals surface area contributed by atoms with Gasteiger partial charge >= 0.3 is 0 Å². The van der Waals surface area contributed by atoms with Crippen LogP contribution in [-0.2, 0) is 4.79 Å². The summed E-state index contributed by atoms with van der Waals surface area (Å²) in [4.78, 5) is 11.5. The van der Waals surface area contributed by atoms with Gasteiger partial charge < -0.3 is 11.1 Å². The van der Waals surface area contributed by atoms with E-state index >= 15 is 0 Å². The van der Waals surface area contributed by atoms with Gasteiger partial charge in [-0.1, -0.05) is 34.6 Å². The first-order valence-electron chi connectivity index (χ1n) is 4.22. The zero-order valence-electron chi connectivity index (χ0n) is 8.69. The number of amides is 1. The quantitative estimate of drug-likeness (QED) is 0.613. The van der Waals surface area contributed by atoms with Crippen molar-refractivity contribution in [1.29, 1.82) is 0 Å². The highest BCUT2D eigenvalue weighted by Gasteiger charge is 2.39. The molecule has 0 saturated carbocycles. The Bertz CT molecular complexity index is 168. The molecule has 72 valence electrons. The second kappa shape index (κ2) is 3.44. The number of carbonyl (C=O) groups excluding carboxylic acids is 1. The maximum atomic E-state index is 11.5. The molecular formula is C9H20N2O. The summed E-state index contributed by atoms with van der Waals surface area (Å²) in [6.45, 7) is 10.2. The Kier molecular flexibility index (Phi) is 3.27. The molecule has 0 atom stereocenters. The molecule has 0 aromatic rings. The second-order valence-corrected chi connectivity index (χ2v) is 4.59. The fraction of sp³-hybridized carbons (Fsp3) is 0.889. The lowest BCUT2D eigenvalue weighted by molar-refractivity contribution is -0.134. The van der Waals surface area contributed by atoms with Crippen molar-refractivity contribution in [3.05, 3.63) is 0 Å². The lowest BCUT2D eigenvalue weighted by Crippen LogP contribution is -2.46. The summed E-state index contributed by atoms with van der Waals surface area (Å²) in [5.74, 6) is 0.0116. The van der Waals surface area contributed by atoms with E-state index in [0.717, 1.165) is 0 Å². The molecule has 0 aromatic carbocycles. The smallest absolute Gasteiger partial charge is 0.227 e. The molecule has 12 heavy (non-hydrogen) atoms. The van der Waals surface area contributed by atoms with Crippen LogP contribution in [0.15, 0.2) is 0 Å². The van der Waals surface area contributed by atoms with E-state index in [1.54, 1.807) is 0 Å². The Morgan fingerprint density at radius 2 is 1.67 bits per heavy atom. The van der Waals surface area contributed by atoms with Crippen molar-refractivity contribution in [3.63, 3.8) is 0 Å². The molecule has 0 saturated heterocycles. The lowest BCUT2D eigenvalue weighted by Gasteiger charge is -2.36. The van der Waals surface area contributed by atoms with Crippen LogP contribution < -0.4 is 11.1 Å². The third-order valence-corrected chi connectivity index (χ3v) is 2.71. The molecule has 0 fully saturated rings. The Labute approximate surface area is 74.7 Å². The fourth-order valence-electron chi connectivity index (χ4n) is 0.654. The third kappa shape index (κ3) is 2.21. The second-order valence-electron chi connectivity index (χ2n) is 4.59. The predicted molar refractivity (Wildman–Crippen MR) is 50.4 cm³/mol. The molecule has 0 heterocycles. The Morgan fingerprint density at radius 1 is 1.25 bits per heavy atom. The average Bonchev–Trinajstić information content (AvgIpc) is 1.85. The molecule has 1 amide bonds. The summed E-state index contributed by atoms with van der Waals surface area (Å²) in [5, 5.41) is 2.63. The summed E-state index contributed by atoms with van der Waals surface area (Å²) in [6.07, 6.45) is 0. The van der Waals surface area contributed by atoms with Crippen LogP contribution in [0.3, 0.4) is 0 Å². The molecule has 3 nitrogen and oxygen atoms in total. The first kappa shape index (κ1) is 11.4. The summed E-state index contributed by atoms with van der Waals surface area (Å²) in [7, 11) is 0. The minimum Gasteiger partial charge on any atom is -0.343 e. The van der Waals surface area contributed by atoms with Crippen molar-refractivity contribution < 1.29 is 4.79 Å². The molecule has 0 spiro atoms. The van der Waals surface area contributed by atoms with Crippen LogP contribution >= 0.6 is 0 Å². The topological polar surface area (TPSA) is 55.1 Å². The summed E-state index contributed by atoms with van der Waals surface area (Å²) in [6, 6.07) is 0. The van der Waals surface area contributed by atoms with E-state index in [2.05, 4.69) is 5.32 Å². The Morgan fingerprint density at radius 3 is 1.92 bits per heavy atom. The summed E-state index contributed by atoms with van der Waals surface area (Å²) >= 11 is 0. The minimum atomic E-state index is -0.383. The zero-order chi connectivity index (χ0) is 9.99. The van der Waals surface area contributed by atoms with E-state index < -0.39 is 0 Å². The van der Waals surface area contributed by atoms with Crippen LogP contribution in [0, 0.1) is 10.8 Å². The highest BCUT2D eigenvalue weighted by atomic mass is 16.2. The van der Waals surface area contributed by atoms with Crippen LogP contribution in [0.2, 0.25) is 0 Å². The van der Waals surface area contributed by atoms with Crippen LogP contribution in [0.25, 0.3) is 0 Å². The highest BCUT2D eigenvalue weighted by Crippen LogP contribution is 2.37. The SMILES string of the molecule is CC(C)(C)C(C)(C)C(=O)NCN. The molecule has 0 aliphatic carbocycles. The Hall–Kier alpha value is -0.570. The molecular weight excluding hydrogens is 152 g/mol. The number of rotatable bonds is 2. The lowest BCUT2D eigenvalue weighted by atomic mass is 9.69. The molecule has 0 unspecified atom stereocenters. The van der Waals surface area contributed by atoms with Gasteiger partial charge in [-0.25, -0.2) is 0 Å². The van der Waals surface area contributed by atoms with Gasteiger partial charge in [0.05, 0.1) is 6.67 Å². The van der Waals surface area contributed by atoms with E-state index in [1.165, 1.54) is 0 Å². The fourth-order valence-corrected chi connectivity index (χ4v) is 0.654. The first-order valence-corrected chi connectivity index (χ1v) is 4.22. The van der Waals surface area contributed by atoms with Crippen molar-refractivity contribution in [2.75, 3.05) is 6.67 Å². The largest absolute Gasteiger partial charge is 0.343 e. The van der Waals surface area contributed by atoms with Crippen molar-refractivity contribution in [2.24, 2.45) is 16.6 Å². The number of hydrogen-bond donors (Lipinski definition) is 2. The van der Waals surface area contributed by atoms with Crippen molar-refractivity contribution in [2.45, 2.75) is 34.6 Å². The normalized spacial score (nSPS) is 12.8. The van der Waals surface area contributed by atoms with Gasteiger partial charge in [0.15, 0.2) is 0 Å². The van der Waals surface area contributed by atoms with E-state index in [9.17, 15) is 4.79 Å². The van der Waals surface area contributed by atoms with Gasteiger partial charge in [0, 0.05) is 5.41 Å². The summed E-state index contributed by atoms with van der Waals surface area (Å²) < 4.78 is 0. The number of nitrogens with two attached hydrogens (primary N) is 1. The summed E-state index contributed by atoms with van der Waals surface area (Å²) in [5.41, 5.74) is 4.81. The maximum Gasteiger partial charge on any atom is 0.227 e. The van der Waals surface area contributed by atoms with Gasteiger partial charge in [-0.3, -0.25) is 4.79 Å². The van der Waals surface area contributed by atoms with Gasteiger partial charge in [-0.2, -0.15) is 0 Å². The monoisotopic (exact) mass is 172 g/mol. The average molecular weight is 172 g/mol. The van der Waals surface area contributed by atoms with E-state index in [0.29, 0.717) is 0 Å². The molecule has 0 aliphatic heterocycles. The first-order chi connectivity index (χ1) is 5.23. The Balaban J connectivity index is 4.50. The van der Waals surface area contributed by atoms with Crippen LogP contribution in [0.5, 0.6) is 0 Å². The molecule has 0 radical (unpaired) electrons. The van der Waals surface area contributed by atoms with Gasteiger partial charge in [0.2, 0.25) is 5.91 Å². The molecule has 3 N–H and O–H groups in total. The van der Waals surface area contributed by atoms with Gasteiger partial charge in [-0.05, 0) is 5.41 Å². The number of nitrogens with one attached hydrogen (secondary N) is 1. The van der Waals surface area contributed by atoms with Gasteiger partial charge in [-0.15, -0.1) is 0 Å². The maximum absolute atomic E-state index is 11.5. The van der Waals surface area contributed by atoms with E-state index in [1.807, 2.05) is 34.6 Å². The molecule has 0 aromatic heterocycles. The van der Waals surface area contributed by atoms with Crippen LogP contribution in [0.4, 0.5) is 0 Å². The molecule has 0 bridgehead atoms. The van der Waals surface area contributed by atoms with Crippen LogP contribution in [0.1, 0.15) is 34.6 Å². The minimum absolute atomic E-state index is 0.0116. The third-order valence-electron chi connectivity index (χ3n) is 2.71. The predicted octanol–water partition coefficient (Wildman–Crippen LogP) is 1.09. The molecule has 0 aliphatic rings. The zero-order valence-corrected chi connectivity index (χ0v) is 8.69. The van der Waals surface area contributed by atoms with Crippen LogP contribution in [-0.4, -0.2) is 12.6 Å². The number of carbonyl (C=O) groups is 1. The molecule has 3 heteroatoms. The standard InChI is InChI=1S/C9H20N2O/c1-8(2,3)9(4,5)7(12)11-6-10/h6,10H2,1-5H3,(H,11,12). The molecule has 0 rings (SSSR count). The van der Waals surface area contributed by atoms with E-state index in [-0.39, 0.29) is 23.4 Å². The van der Waals surface area contributed by atoms with Gasteiger partial charge in [0.25, 0.3) is 0 Å². The van der Waals surface area contributed by atoms with Gasteiger partial charge in [0.1, 0.15) is 0 Å². The number of hydrogen-bond acceptors (Lipinski definition) is 2.